The largest absolute Gasteiger partial charge is 0.488 e. The molecular formula is C25H27FN4O2. The molecule has 0 aliphatic carbocycles. The monoisotopic (exact) mass is 434 g/mol. The summed E-state index contributed by atoms with van der Waals surface area (Å²) in [5.74, 6) is 0.938. The van der Waals surface area contributed by atoms with Crippen molar-refractivity contribution in [2.24, 2.45) is 0 Å². The van der Waals surface area contributed by atoms with Crippen LogP contribution in [0.4, 0.5) is 10.2 Å². The molecule has 1 aliphatic rings. The van der Waals surface area contributed by atoms with E-state index in [0.29, 0.717) is 17.9 Å². The first-order valence-corrected chi connectivity index (χ1v) is 10.7. The highest BCUT2D eigenvalue weighted by Gasteiger charge is 2.15. The molecule has 1 aliphatic heterocycles. The van der Waals surface area contributed by atoms with Crippen molar-refractivity contribution in [1.82, 2.24) is 15.2 Å². The number of amides is 1. The van der Waals surface area contributed by atoms with Crippen LogP contribution in [0.1, 0.15) is 21.5 Å². The van der Waals surface area contributed by atoms with Crippen LogP contribution in [-0.2, 0) is 13.2 Å². The summed E-state index contributed by atoms with van der Waals surface area (Å²) in [5, 5.41) is 2.94. The summed E-state index contributed by atoms with van der Waals surface area (Å²) in [4.78, 5) is 21.9. The summed E-state index contributed by atoms with van der Waals surface area (Å²) in [6.07, 6.45) is 1.81. The fourth-order valence-corrected chi connectivity index (χ4v) is 3.54. The minimum absolute atomic E-state index is 0.220. The summed E-state index contributed by atoms with van der Waals surface area (Å²) < 4.78 is 18.9. The lowest BCUT2D eigenvalue weighted by Gasteiger charge is -2.33. The van der Waals surface area contributed by atoms with Gasteiger partial charge in [0.1, 0.15) is 24.0 Å². The van der Waals surface area contributed by atoms with Crippen molar-refractivity contribution in [1.29, 1.82) is 0 Å². The molecule has 3 aromatic rings. The zero-order valence-corrected chi connectivity index (χ0v) is 18.1. The molecule has 0 saturated carbocycles. The molecule has 0 atom stereocenters. The minimum Gasteiger partial charge on any atom is -0.488 e. The molecule has 7 heteroatoms. The standard InChI is InChI=1S/C25H27FN4O2/c1-29-12-14-30(15-13-29)24-11-8-20(16-27-24)17-28-25(31)22-4-2-3-5-23(22)32-18-19-6-9-21(26)10-7-19/h2-11,16H,12-15,17-18H2,1H3,(H,28,31). The number of likely N-dealkylation sites (N-methyl/N-ethyl adjacent to an activating group) is 1. The number of anilines is 1. The topological polar surface area (TPSA) is 57.7 Å². The number of ether oxygens (including phenoxy) is 1. The van der Waals surface area contributed by atoms with Gasteiger partial charge in [0.05, 0.1) is 5.56 Å². The van der Waals surface area contributed by atoms with E-state index in [-0.39, 0.29) is 18.3 Å². The number of hydrogen-bond donors (Lipinski definition) is 1. The summed E-state index contributed by atoms with van der Waals surface area (Å²) >= 11 is 0. The predicted octanol–water partition coefficient (Wildman–Crippen LogP) is 3.48. The molecule has 1 aromatic heterocycles. The summed E-state index contributed by atoms with van der Waals surface area (Å²) in [6, 6.07) is 17.2. The molecule has 2 aromatic carbocycles. The molecule has 0 unspecified atom stereocenters. The van der Waals surface area contributed by atoms with Gasteiger partial charge >= 0.3 is 0 Å². The van der Waals surface area contributed by atoms with Crippen LogP contribution in [0.15, 0.2) is 66.9 Å². The van der Waals surface area contributed by atoms with Gasteiger partial charge < -0.3 is 19.9 Å². The van der Waals surface area contributed by atoms with Crippen LogP contribution in [0.2, 0.25) is 0 Å². The first kappa shape index (κ1) is 21.8. The van der Waals surface area contributed by atoms with Crippen LogP contribution in [0, 0.1) is 5.82 Å². The molecule has 0 bridgehead atoms. The molecule has 166 valence electrons. The van der Waals surface area contributed by atoms with Crippen LogP contribution >= 0.6 is 0 Å². The third kappa shape index (κ3) is 5.62. The average Bonchev–Trinajstić information content (AvgIpc) is 2.83. The molecule has 0 radical (unpaired) electrons. The molecule has 1 fully saturated rings. The lowest BCUT2D eigenvalue weighted by Crippen LogP contribution is -2.44. The van der Waals surface area contributed by atoms with Crippen molar-refractivity contribution in [3.8, 4) is 5.75 Å². The number of piperazine rings is 1. The number of rotatable bonds is 7. The second-order valence-electron chi connectivity index (χ2n) is 7.91. The molecule has 1 saturated heterocycles. The predicted molar refractivity (Wildman–Crippen MR) is 122 cm³/mol. The zero-order chi connectivity index (χ0) is 22.3. The van der Waals surface area contributed by atoms with E-state index in [1.54, 1.807) is 30.3 Å². The SMILES string of the molecule is CN1CCN(c2ccc(CNC(=O)c3ccccc3OCc3ccc(F)cc3)cn2)CC1. The molecule has 1 amide bonds. The minimum atomic E-state index is -0.292. The highest BCUT2D eigenvalue weighted by atomic mass is 19.1. The number of pyridine rings is 1. The lowest BCUT2D eigenvalue weighted by atomic mass is 10.1. The van der Waals surface area contributed by atoms with Gasteiger partial charge in [-0.15, -0.1) is 0 Å². The van der Waals surface area contributed by atoms with Crippen molar-refractivity contribution in [3.63, 3.8) is 0 Å². The second kappa shape index (κ2) is 10.2. The average molecular weight is 435 g/mol. The number of aromatic nitrogens is 1. The molecular weight excluding hydrogens is 407 g/mol. The first-order valence-electron chi connectivity index (χ1n) is 10.7. The van der Waals surface area contributed by atoms with Crippen molar-refractivity contribution >= 4 is 11.7 Å². The van der Waals surface area contributed by atoms with Crippen LogP contribution in [0.3, 0.4) is 0 Å². The van der Waals surface area contributed by atoms with E-state index in [2.05, 4.69) is 27.1 Å². The van der Waals surface area contributed by atoms with Crippen molar-refractivity contribution in [2.45, 2.75) is 13.2 Å². The van der Waals surface area contributed by atoms with E-state index >= 15 is 0 Å². The van der Waals surface area contributed by atoms with Crippen molar-refractivity contribution in [3.05, 3.63) is 89.4 Å². The van der Waals surface area contributed by atoms with E-state index in [0.717, 1.165) is 43.1 Å². The number of nitrogens with one attached hydrogen (secondary N) is 1. The maximum Gasteiger partial charge on any atom is 0.255 e. The Morgan fingerprint density at radius 2 is 1.72 bits per heavy atom. The van der Waals surface area contributed by atoms with Gasteiger partial charge in [0.15, 0.2) is 0 Å². The fraction of sp³-hybridized carbons (Fsp3) is 0.280. The Kier molecular flexibility index (Phi) is 6.97. The highest BCUT2D eigenvalue weighted by Crippen LogP contribution is 2.20. The Morgan fingerprint density at radius 1 is 1.00 bits per heavy atom. The number of carbonyl (C=O) groups is 1. The molecule has 32 heavy (non-hydrogen) atoms. The smallest absolute Gasteiger partial charge is 0.255 e. The molecule has 0 spiro atoms. The van der Waals surface area contributed by atoms with Gasteiger partial charge in [0, 0.05) is 38.9 Å². The molecule has 1 N–H and O–H groups in total. The maximum absolute atomic E-state index is 13.1. The Labute approximate surface area is 187 Å². The van der Waals surface area contributed by atoms with Crippen LogP contribution < -0.4 is 15.0 Å². The summed E-state index contributed by atoms with van der Waals surface area (Å²) in [6.45, 7) is 4.62. The van der Waals surface area contributed by atoms with Crippen LogP contribution in [0.5, 0.6) is 5.75 Å². The maximum atomic E-state index is 13.1. The Morgan fingerprint density at radius 3 is 2.44 bits per heavy atom. The number of benzene rings is 2. The van der Waals surface area contributed by atoms with E-state index in [9.17, 15) is 9.18 Å². The van der Waals surface area contributed by atoms with E-state index < -0.39 is 0 Å². The Balaban J connectivity index is 1.33. The number of nitrogens with zero attached hydrogens (tertiary/aromatic N) is 3. The van der Waals surface area contributed by atoms with Gasteiger partial charge in [-0.3, -0.25) is 4.79 Å². The zero-order valence-electron chi connectivity index (χ0n) is 18.1. The number of hydrogen-bond acceptors (Lipinski definition) is 5. The number of carbonyl (C=O) groups excluding carboxylic acids is 1. The third-order valence-corrected chi connectivity index (χ3v) is 5.53. The summed E-state index contributed by atoms with van der Waals surface area (Å²) in [5.41, 5.74) is 2.21. The second-order valence-corrected chi connectivity index (χ2v) is 7.91. The van der Waals surface area contributed by atoms with Gasteiger partial charge in [0.25, 0.3) is 5.91 Å². The Bertz CT molecular complexity index is 1030. The highest BCUT2D eigenvalue weighted by molar-refractivity contribution is 5.96. The molecule has 6 nitrogen and oxygen atoms in total. The number of halogens is 1. The van der Waals surface area contributed by atoms with Gasteiger partial charge in [-0.25, -0.2) is 9.37 Å². The van der Waals surface area contributed by atoms with E-state index in [4.69, 9.17) is 4.74 Å². The van der Waals surface area contributed by atoms with Crippen molar-refractivity contribution < 1.29 is 13.9 Å². The van der Waals surface area contributed by atoms with Gasteiger partial charge in [-0.05, 0) is 48.5 Å². The van der Waals surface area contributed by atoms with Crippen LogP contribution in [0.25, 0.3) is 0 Å². The van der Waals surface area contributed by atoms with Crippen molar-refractivity contribution in [2.75, 3.05) is 38.1 Å². The summed E-state index contributed by atoms with van der Waals surface area (Å²) in [7, 11) is 2.13. The van der Waals surface area contributed by atoms with Gasteiger partial charge in [0.2, 0.25) is 0 Å². The van der Waals surface area contributed by atoms with E-state index in [1.165, 1.54) is 12.1 Å². The number of para-hydroxylation sites is 1. The quantitative estimate of drug-likeness (QED) is 0.617. The lowest BCUT2D eigenvalue weighted by molar-refractivity contribution is 0.0946. The normalized spacial score (nSPS) is 14.2. The fourth-order valence-electron chi connectivity index (χ4n) is 3.54. The van der Waals surface area contributed by atoms with Crippen LogP contribution in [-0.4, -0.2) is 49.0 Å². The first-order chi connectivity index (χ1) is 15.6. The van der Waals surface area contributed by atoms with Gasteiger partial charge in [-0.1, -0.05) is 30.3 Å². The third-order valence-electron chi connectivity index (χ3n) is 5.53. The molecule has 2 heterocycles. The molecule has 4 rings (SSSR count). The Hall–Kier alpha value is -3.45. The van der Waals surface area contributed by atoms with Gasteiger partial charge in [-0.2, -0.15) is 0 Å². The van der Waals surface area contributed by atoms with E-state index in [1.807, 2.05) is 24.4 Å².